The normalized spacial score (nSPS) is 12.0. The van der Waals surface area contributed by atoms with Crippen molar-refractivity contribution in [3.63, 3.8) is 0 Å². The zero-order valence-electron chi connectivity index (χ0n) is 16.1. The quantitative estimate of drug-likeness (QED) is 0.541. The lowest BCUT2D eigenvalue weighted by atomic mass is 10.1. The van der Waals surface area contributed by atoms with Gasteiger partial charge in [0.25, 0.3) is 0 Å². The first-order valence-corrected chi connectivity index (χ1v) is 9.83. The van der Waals surface area contributed by atoms with E-state index in [2.05, 4.69) is 28.7 Å². The first-order chi connectivity index (χ1) is 12.3. The van der Waals surface area contributed by atoms with Gasteiger partial charge < -0.3 is 9.88 Å². The van der Waals surface area contributed by atoms with E-state index in [1.54, 1.807) is 24.3 Å². The topological polar surface area (TPSA) is 64.0 Å². The average molecular weight is 374 g/mol. The van der Waals surface area contributed by atoms with Crippen molar-refractivity contribution in [2.24, 2.45) is 0 Å². The number of aryl methyl sites for hydroxylation is 1. The van der Waals surface area contributed by atoms with E-state index in [0.717, 1.165) is 30.2 Å². The van der Waals surface area contributed by atoms with Gasteiger partial charge in [0.15, 0.2) is 10.9 Å². The maximum absolute atomic E-state index is 12.8. The minimum absolute atomic E-state index is 0.0599. The van der Waals surface area contributed by atoms with Gasteiger partial charge in [-0.05, 0) is 51.5 Å². The summed E-state index contributed by atoms with van der Waals surface area (Å²) in [4.78, 5) is 28.5. The van der Waals surface area contributed by atoms with Crippen LogP contribution in [0.5, 0.6) is 0 Å². The maximum Gasteiger partial charge on any atom is 0.221 e. The molecule has 0 bridgehead atoms. The van der Waals surface area contributed by atoms with Gasteiger partial charge in [-0.2, -0.15) is 0 Å². The average Bonchev–Trinajstić information content (AvgIpc) is 2.86. The van der Waals surface area contributed by atoms with Gasteiger partial charge >= 0.3 is 0 Å². The number of aromatic nitrogens is 2. The van der Waals surface area contributed by atoms with Crippen LogP contribution >= 0.6 is 11.8 Å². The molecule has 0 aliphatic rings. The molecular formula is C20H27N3O2S. The third-order valence-electron chi connectivity index (χ3n) is 4.30. The largest absolute Gasteiger partial charge is 0.326 e. The predicted octanol–water partition coefficient (Wildman–Crippen LogP) is 4.62. The monoisotopic (exact) mass is 373 g/mol. The molecule has 0 aliphatic heterocycles. The van der Waals surface area contributed by atoms with Crippen molar-refractivity contribution in [1.82, 2.24) is 9.55 Å². The van der Waals surface area contributed by atoms with Crippen molar-refractivity contribution in [3.8, 4) is 0 Å². The Balaban J connectivity index is 2.12. The molecule has 1 amide bonds. The number of thioether (sulfide) groups is 1. The van der Waals surface area contributed by atoms with Crippen LogP contribution < -0.4 is 5.32 Å². The van der Waals surface area contributed by atoms with Crippen molar-refractivity contribution in [2.75, 3.05) is 5.32 Å². The molecule has 1 atom stereocenters. The second-order valence-electron chi connectivity index (χ2n) is 6.45. The number of ketones is 1. The van der Waals surface area contributed by atoms with E-state index in [4.69, 9.17) is 0 Å². The zero-order chi connectivity index (χ0) is 19.3. The number of anilines is 1. The highest BCUT2D eigenvalue weighted by molar-refractivity contribution is 8.00. The molecule has 0 radical (unpaired) electrons. The van der Waals surface area contributed by atoms with E-state index >= 15 is 0 Å². The molecule has 1 aromatic heterocycles. The Hall–Kier alpha value is -2.08. The van der Waals surface area contributed by atoms with Crippen LogP contribution in [0.2, 0.25) is 0 Å². The molecule has 0 saturated heterocycles. The molecule has 2 rings (SSSR count). The van der Waals surface area contributed by atoms with Crippen molar-refractivity contribution < 1.29 is 9.59 Å². The summed E-state index contributed by atoms with van der Waals surface area (Å²) >= 11 is 1.51. The molecule has 1 aromatic carbocycles. The fourth-order valence-corrected chi connectivity index (χ4v) is 3.76. The predicted molar refractivity (Wildman–Crippen MR) is 107 cm³/mol. The Morgan fingerprint density at radius 3 is 2.46 bits per heavy atom. The number of rotatable bonds is 8. The molecule has 0 unspecified atom stereocenters. The third kappa shape index (κ3) is 4.97. The summed E-state index contributed by atoms with van der Waals surface area (Å²) in [5, 5.41) is 3.38. The molecule has 1 heterocycles. The molecule has 0 fully saturated rings. The van der Waals surface area contributed by atoms with Gasteiger partial charge in [0.05, 0.1) is 10.9 Å². The number of amides is 1. The molecule has 5 nitrogen and oxygen atoms in total. The van der Waals surface area contributed by atoms with Crippen molar-refractivity contribution >= 4 is 29.1 Å². The third-order valence-corrected chi connectivity index (χ3v) is 5.39. The van der Waals surface area contributed by atoms with Crippen LogP contribution in [0.4, 0.5) is 5.69 Å². The lowest BCUT2D eigenvalue weighted by Gasteiger charge is -2.13. The van der Waals surface area contributed by atoms with E-state index in [1.807, 2.05) is 13.8 Å². The summed E-state index contributed by atoms with van der Waals surface area (Å²) in [5.74, 6) is -0.0672. The Morgan fingerprint density at radius 2 is 1.88 bits per heavy atom. The van der Waals surface area contributed by atoms with Gasteiger partial charge in [-0.3, -0.25) is 9.59 Å². The summed E-state index contributed by atoms with van der Waals surface area (Å²) in [6.45, 7) is 10.6. The van der Waals surface area contributed by atoms with Crippen LogP contribution in [-0.4, -0.2) is 26.5 Å². The van der Waals surface area contributed by atoms with Crippen molar-refractivity contribution in [3.05, 3.63) is 41.2 Å². The van der Waals surface area contributed by atoms with Crippen molar-refractivity contribution in [1.29, 1.82) is 0 Å². The van der Waals surface area contributed by atoms with E-state index < -0.39 is 0 Å². The first-order valence-electron chi connectivity index (χ1n) is 8.95. The first kappa shape index (κ1) is 20.2. The number of hydrogen-bond donors (Lipinski definition) is 1. The number of hydrogen-bond acceptors (Lipinski definition) is 4. The summed E-state index contributed by atoms with van der Waals surface area (Å²) < 4.78 is 2.22. The van der Waals surface area contributed by atoms with Gasteiger partial charge in [-0.15, -0.1) is 0 Å². The maximum atomic E-state index is 12.8. The number of nitrogens with zero attached hydrogens (tertiary/aromatic N) is 2. The number of nitrogens with one attached hydrogen (secondary N) is 1. The molecule has 0 spiro atoms. The van der Waals surface area contributed by atoms with E-state index in [9.17, 15) is 9.59 Å². The SMILES string of the molecule is CCCCn1c(S[C@H](C)C(=O)c2ccc(NC(C)=O)cc2)nc(C)c1C. The summed E-state index contributed by atoms with van der Waals surface area (Å²) in [6.07, 6.45) is 2.22. The Morgan fingerprint density at radius 1 is 1.23 bits per heavy atom. The highest BCUT2D eigenvalue weighted by Gasteiger charge is 2.20. The van der Waals surface area contributed by atoms with Gasteiger partial charge in [0.1, 0.15) is 0 Å². The van der Waals surface area contributed by atoms with Gasteiger partial charge in [0.2, 0.25) is 5.91 Å². The number of carbonyl (C=O) groups is 2. The number of benzene rings is 1. The van der Waals surface area contributed by atoms with E-state index in [1.165, 1.54) is 24.4 Å². The van der Waals surface area contributed by atoms with Gasteiger partial charge in [0, 0.05) is 30.4 Å². The Bertz CT molecular complexity index is 781. The van der Waals surface area contributed by atoms with Gasteiger partial charge in [-0.25, -0.2) is 4.98 Å². The minimum atomic E-state index is -0.233. The van der Waals surface area contributed by atoms with Crippen LogP contribution in [0.25, 0.3) is 0 Å². The standard InChI is InChI=1S/C20H27N3O2S/c1-6-7-12-23-14(3)13(2)21-20(23)26-15(4)19(25)17-8-10-18(11-9-17)22-16(5)24/h8-11,15H,6-7,12H2,1-5H3,(H,22,24)/t15-/m1/s1. The molecular weight excluding hydrogens is 346 g/mol. The van der Waals surface area contributed by atoms with Crippen LogP contribution in [-0.2, 0) is 11.3 Å². The summed E-state index contributed by atoms with van der Waals surface area (Å²) in [7, 11) is 0. The number of carbonyl (C=O) groups excluding carboxylic acids is 2. The molecule has 1 N–H and O–H groups in total. The molecule has 6 heteroatoms. The Labute approximate surface area is 159 Å². The van der Waals surface area contributed by atoms with Crippen LogP contribution in [0, 0.1) is 13.8 Å². The molecule has 2 aromatic rings. The summed E-state index contributed by atoms with van der Waals surface area (Å²) in [5.41, 5.74) is 3.51. The van der Waals surface area contributed by atoms with Crippen LogP contribution in [0.15, 0.2) is 29.4 Å². The van der Waals surface area contributed by atoms with Crippen LogP contribution in [0.1, 0.15) is 55.4 Å². The summed E-state index contributed by atoms with van der Waals surface area (Å²) in [6, 6.07) is 7.01. The molecule has 0 saturated carbocycles. The van der Waals surface area contributed by atoms with Crippen molar-refractivity contribution in [2.45, 2.75) is 64.4 Å². The van der Waals surface area contributed by atoms with E-state index in [-0.39, 0.29) is 16.9 Å². The number of Topliss-reactive ketones (excluding diaryl/α,β-unsaturated/α-hetero) is 1. The second-order valence-corrected chi connectivity index (χ2v) is 7.76. The molecule has 0 aliphatic carbocycles. The zero-order valence-corrected chi connectivity index (χ0v) is 16.9. The minimum Gasteiger partial charge on any atom is -0.326 e. The number of imidazole rings is 1. The smallest absolute Gasteiger partial charge is 0.221 e. The highest BCUT2D eigenvalue weighted by atomic mass is 32.2. The number of unbranched alkanes of at least 4 members (excludes halogenated alkanes) is 1. The van der Waals surface area contributed by atoms with E-state index in [0.29, 0.717) is 11.3 Å². The highest BCUT2D eigenvalue weighted by Crippen LogP contribution is 2.28. The molecule has 140 valence electrons. The lowest BCUT2D eigenvalue weighted by Crippen LogP contribution is -2.15. The van der Waals surface area contributed by atoms with Gasteiger partial charge in [-0.1, -0.05) is 25.1 Å². The Kier molecular flexibility index (Phi) is 7.03. The van der Waals surface area contributed by atoms with Crippen LogP contribution in [0.3, 0.4) is 0 Å². The fraction of sp³-hybridized carbons (Fsp3) is 0.450. The second kappa shape index (κ2) is 9.03. The molecule has 26 heavy (non-hydrogen) atoms. The fourth-order valence-electron chi connectivity index (χ4n) is 2.66. The lowest BCUT2D eigenvalue weighted by molar-refractivity contribution is -0.114.